The Labute approximate surface area is 286 Å². The van der Waals surface area contributed by atoms with E-state index in [0.717, 1.165) is 47.3 Å². The van der Waals surface area contributed by atoms with Crippen molar-refractivity contribution >= 4 is 0 Å². The minimum Gasteiger partial charge on any atom is -0.497 e. The Morgan fingerprint density at radius 1 is 0.771 bits per heavy atom. The molecule has 48 heavy (non-hydrogen) atoms. The monoisotopic (exact) mass is 662 g/mol. The zero-order valence-corrected chi connectivity index (χ0v) is 29.0. The highest BCUT2D eigenvalue weighted by Crippen LogP contribution is 2.32. The van der Waals surface area contributed by atoms with Crippen molar-refractivity contribution in [3.05, 3.63) is 113 Å². The van der Waals surface area contributed by atoms with E-state index in [1.807, 2.05) is 98.8 Å². The molecule has 0 radical (unpaired) electrons. The number of hydrogen-bond donors (Lipinski definition) is 1. The number of hydrogen-bond acceptors (Lipinski definition) is 8. The van der Waals surface area contributed by atoms with Gasteiger partial charge in [-0.3, -0.25) is 0 Å². The zero-order chi connectivity index (χ0) is 34.0. The third-order valence-corrected chi connectivity index (χ3v) is 9.05. The molecule has 3 aromatic carbocycles. The number of aliphatic hydroxyl groups excluding tert-OH is 1. The van der Waals surface area contributed by atoms with Crippen molar-refractivity contribution in [3.8, 4) is 5.75 Å². The third-order valence-electron chi connectivity index (χ3n) is 9.05. The number of methoxy groups -OCH3 is 2. The molecule has 8 heteroatoms. The molecule has 0 aromatic heterocycles. The number of rotatable bonds is 21. The first-order valence-electron chi connectivity index (χ1n) is 17.0. The summed E-state index contributed by atoms with van der Waals surface area (Å²) in [4.78, 5) is 0. The molecule has 0 amide bonds. The predicted octanol–water partition coefficient (Wildman–Crippen LogP) is 7.48. The van der Waals surface area contributed by atoms with Crippen LogP contribution in [0.2, 0.25) is 0 Å². The number of allylic oxidation sites excluding steroid dienone is 1. The lowest BCUT2D eigenvalue weighted by molar-refractivity contribution is -0.149. The molecule has 8 nitrogen and oxygen atoms in total. The summed E-state index contributed by atoms with van der Waals surface area (Å²) in [5.41, 5.74) is 4.21. The fraction of sp³-hybridized carbons (Fsp3) is 0.500. The van der Waals surface area contributed by atoms with E-state index in [1.54, 1.807) is 14.2 Å². The van der Waals surface area contributed by atoms with Crippen LogP contribution in [0.1, 0.15) is 56.2 Å². The minimum absolute atomic E-state index is 0.0221. The van der Waals surface area contributed by atoms with Crippen molar-refractivity contribution < 1.29 is 38.3 Å². The van der Waals surface area contributed by atoms with Crippen molar-refractivity contribution in [1.29, 1.82) is 0 Å². The van der Waals surface area contributed by atoms with Crippen molar-refractivity contribution in [2.24, 2.45) is 11.8 Å². The highest BCUT2D eigenvalue weighted by molar-refractivity contribution is 5.26. The SMILES string of the molecule is COc1ccc(COCC[C@H](OCOCc2ccccc2)[C@@H](C)[C@@H](O)/C(C)=C/[C@@H]2CC[C@@H](OCOCc3ccccc3)[C@H](OC)C2)cc1. The van der Waals surface area contributed by atoms with Crippen LogP contribution < -0.4 is 4.74 Å². The quantitative estimate of drug-likeness (QED) is 0.0714. The summed E-state index contributed by atoms with van der Waals surface area (Å²) >= 11 is 0. The number of aliphatic hydroxyl groups is 1. The van der Waals surface area contributed by atoms with Crippen LogP contribution in [-0.4, -0.2) is 63.9 Å². The smallest absolute Gasteiger partial charge is 0.147 e. The van der Waals surface area contributed by atoms with Crippen molar-refractivity contribution in [3.63, 3.8) is 0 Å². The van der Waals surface area contributed by atoms with Crippen LogP contribution in [0.5, 0.6) is 5.75 Å². The lowest BCUT2D eigenvalue weighted by atomic mass is 9.82. The van der Waals surface area contributed by atoms with E-state index in [1.165, 1.54) is 0 Å². The Balaban J connectivity index is 1.27. The number of benzene rings is 3. The second kappa shape index (κ2) is 21.1. The highest BCUT2D eigenvalue weighted by atomic mass is 16.7. The van der Waals surface area contributed by atoms with Crippen LogP contribution in [0.15, 0.2) is 96.6 Å². The van der Waals surface area contributed by atoms with Crippen LogP contribution in [0.4, 0.5) is 0 Å². The molecule has 1 saturated carbocycles. The molecule has 6 atom stereocenters. The van der Waals surface area contributed by atoms with Crippen LogP contribution in [-0.2, 0) is 48.2 Å². The maximum Gasteiger partial charge on any atom is 0.147 e. The Bertz CT molecular complexity index is 1300. The van der Waals surface area contributed by atoms with Gasteiger partial charge < -0.3 is 38.3 Å². The van der Waals surface area contributed by atoms with Gasteiger partial charge in [-0.15, -0.1) is 0 Å². The topological polar surface area (TPSA) is 84.8 Å². The molecular formula is C40H54O8. The highest BCUT2D eigenvalue weighted by Gasteiger charge is 2.32. The maximum absolute atomic E-state index is 11.5. The Hall–Kier alpha value is -3.08. The number of ether oxygens (including phenoxy) is 7. The Morgan fingerprint density at radius 3 is 2.00 bits per heavy atom. The van der Waals surface area contributed by atoms with E-state index in [-0.39, 0.29) is 43.7 Å². The van der Waals surface area contributed by atoms with Crippen LogP contribution in [0, 0.1) is 11.8 Å². The van der Waals surface area contributed by atoms with Crippen LogP contribution >= 0.6 is 0 Å². The van der Waals surface area contributed by atoms with Gasteiger partial charge in [-0.05, 0) is 72.9 Å². The average molecular weight is 663 g/mol. The molecule has 262 valence electrons. The van der Waals surface area contributed by atoms with Crippen molar-refractivity contribution in [1.82, 2.24) is 0 Å². The van der Waals surface area contributed by atoms with Crippen molar-refractivity contribution in [2.45, 2.75) is 83.8 Å². The molecule has 1 N–H and O–H groups in total. The standard InChI is InChI=1S/C40H54O8/c1-30(23-35-17-20-38(39(24-35)43-4)48-29-46-27-33-13-9-6-10-14-33)40(41)31(2)37(47-28-45-26-32-11-7-5-8-12-32)21-22-44-25-34-15-18-36(42-3)19-16-34/h5-16,18-19,23,31,35,37-41H,17,20-22,24-29H2,1-4H3/b30-23+/t31-,35+,37+,38-,39-,40+/m1/s1. The van der Waals surface area contributed by atoms with Gasteiger partial charge in [-0.2, -0.15) is 0 Å². The average Bonchev–Trinajstić information content (AvgIpc) is 3.13. The fourth-order valence-electron chi connectivity index (χ4n) is 6.16. The minimum atomic E-state index is -0.674. The summed E-state index contributed by atoms with van der Waals surface area (Å²) in [6.45, 7) is 6.36. The molecule has 0 spiro atoms. The van der Waals surface area contributed by atoms with Gasteiger partial charge in [0.25, 0.3) is 0 Å². The molecule has 0 unspecified atom stereocenters. The molecular weight excluding hydrogens is 608 g/mol. The Kier molecular flexibility index (Phi) is 16.6. The largest absolute Gasteiger partial charge is 0.497 e. The van der Waals surface area contributed by atoms with E-state index in [0.29, 0.717) is 32.8 Å². The van der Waals surface area contributed by atoms with E-state index in [9.17, 15) is 5.11 Å². The molecule has 0 heterocycles. The summed E-state index contributed by atoms with van der Waals surface area (Å²) in [6, 6.07) is 28.0. The Morgan fingerprint density at radius 2 is 1.38 bits per heavy atom. The molecule has 3 aromatic rings. The first kappa shape index (κ1) is 37.7. The van der Waals surface area contributed by atoms with Gasteiger partial charge in [0, 0.05) is 19.6 Å². The van der Waals surface area contributed by atoms with E-state index in [4.69, 9.17) is 33.2 Å². The van der Waals surface area contributed by atoms with E-state index >= 15 is 0 Å². The molecule has 1 aliphatic rings. The van der Waals surface area contributed by atoms with Crippen LogP contribution in [0.3, 0.4) is 0 Å². The second-order valence-electron chi connectivity index (χ2n) is 12.6. The molecule has 0 saturated heterocycles. The van der Waals surface area contributed by atoms with Gasteiger partial charge in [0.15, 0.2) is 0 Å². The molecule has 0 aliphatic heterocycles. The van der Waals surface area contributed by atoms with Gasteiger partial charge in [0.2, 0.25) is 0 Å². The lowest BCUT2D eigenvalue weighted by Gasteiger charge is -2.35. The second-order valence-corrected chi connectivity index (χ2v) is 12.6. The van der Waals surface area contributed by atoms with Gasteiger partial charge in [0.05, 0.1) is 51.3 Å². The normalized spacial score (nSPS) is 20.3. The summed E-state index contributed by atoms with van der Waals surface area (Å²) in [6.07, 6.45) is 4.47. The predicted molar refractivity (Wildman–Crippen MR) is 186 cm³/mol. The van der Waals surface area contributed by atoms with Gasteiger partial charge in [-0.25, -0.2) is 0 Å². The van der Waals surface area contributed by atoms with Gasteiger partial charge in [-0.1, -0.05) is 85.8 Å². The fourth-order valence-corrected chi connectivity index (χ4v) is 6.16. The molecule has 0 bridgehead atoms. The van der Waals surface area contributed by atoms with Crippen molar-refractivity contribution in [2.75, 3.05) is 34.4 Å². The summed E-state index contributed by atoms with van der Waals surface area (Å²) in [5, 5.41) is 11.5. The first-order valence-corrected chi connectivity index (χ1v) is 17.0. The zero-order valence-electron chi connectivity index (χ0n) is 29.0. The van der Waals surface area contributed by atoms with Crippen LogP contribution in [0.25, 0.3) is 0 Å². The van der Waals surface area contributed by atoms with Gasteiger partial charge in [0.1, 0.15) is 19.3 Å². The summed E-state index contributed by atoms with van der Waals surface area (Å²) in [5.74, 6) is 0.923. The molecule has 1 fully saturated rings. The van der Waals surface area contributed by atoms with E-state index < -0.39 is 6.10 Å². The lowest BCUT2D eigenvalue weighted by Crippen LogP contribution is -2.38. The maximum atomic E-state index is 11.5. The van der Waals surface area contributed by atoms with E-state index in [2.05, 4.69) is 6.08 Å². The summed E-state index contributed by atoms with van der Waals surface area (Å²) < 4.78 is 41.0. The molecule has 1 aliphatic carbocycles. The third kappa shape index (κ3) is 12.7. The molecule has 4 rings (SSSR count). The summed E-state index contributed by atoms with van der Waals surface area (Å²) in [7, 11) is 3.39. The van der Waals surface area contributed by atoms with Gasteiger partial charge >= 0.3 is 0 Å². The first-order chi connectivity index (χ1) is 23.5.